The molecule has 4 heterocycles. The van der Waals surface area contributed by atoms with Gasteiger partial charge in [0.15, 0.2) is 5.82 Å². The van der Waals surface area contributed by atoms with Gasteiger partial charge in [-0.1, -0.05) is 0 Å². The number of hydrogen-bond acceptors (Lipinski definition) is 7. The molecule has 0 bridgehead atoms. The first kappa shape index (κ1) is 15.1. The summed E-state index contributed by atoms with van der Waals surface area (Å²) in [6, 6.07) is 3.62. The van der Waals surface area contributed by atoms with E-state index in [0.29, 0.717) is 6.54 Å². The van der Waals surface area contributed by atoms with Gasteiger partial charge in [0.05, 0.1) is 6.54 Å². The third kappa shape index (κ3) is 2.21. The first-order valence-corrected chi connectivity index (χ1v) is 9.15. The van der Waals surface area contributed by atoms with Crippen LogP contribution in [0.2, 0.25) is 0 Å². The summed E-state index contributed by atoms with van der Waals surface area (Å²) in [5.41, 5.74) is 5.94. The molecule has 7 nitrogen and oxygen atoms in total. The van der Waals surface area contributed by atoms with Gasteiger partial charge >= 0.3 is 0 Å². The zero-order chi connectivity index (χ0) is 16.4. The summed E-state index contributed by atoms with van der Waals surface area (Å²) < 4.78 is 1.63. The average Bonchev–Trinajstić information content (AvgIpc) is 3.16. The highest BCUT2D eigenvalue weighted by Crippen LogP contribution is 2.56. The number of rotatable bonds is 3. The second-order valence-corrected chi connectivity index (χ2v) is 9.64. The quantitative estimate of drug-likeness (QED) is 0.835. The van der Waals surface area contributed by atoms with Crippen molar-refractivity contribution in [2.45, 2.75) is 49.5 Å². The first-order chi connectivity index (χ1) is 10.9. The topological polar surface area (TPSA) is 89.9 Å². The summed E-state index contributed by atoms with van der Waals surface area (Å²) in [7, 11) is 0. The molecule has 0 aliphatic carbocycles. The molecule has 3 atom stereocenters. The van der Waals surface area contributed by atoms with Gasteiger partial charge in [-0.15, -0.1) is 28.2 Å². The maximum atomic E-state index is 12.2. The molecular weight excluding hydrogens is 332 g/mol. The summed E-state index contributed by atoms with van der Waals surface area (Å²) >= 11 is 3.46. The second-order valence-electron chi connectivity index (χ2n) is 6.49. The van der Waals surface area contributed by atoms with Gasteiger partial charge in [-0.2, -0.15) is 0 Å². The van der Waals surface area contributed by atoms with E-state index >= 15 is 0 Å². The average molecular weight is 350 g/mol. The summed E-state index contributed by atoms with van der Waals surface area (Å²) in [6.07, 6.45) is 0. The predicted octanol–water partition coefficient (Wildman–Crippen LogP) is 1.15. The lowest BCUT2D eigenvalue weighted by molar-refractivity contribution is -0.147. The Labute approximate surface area is 142 Å². The van der Waals surface area contributed by atoms with Gasteiger partial charge in [-0.25, -0.2) is 4.68 Å². The van der Waals surface area contributed by atoms with Gasteiger partial charge in [0.2, 0.25) is 5.91 Å². The number of fused-ring (bicyclic) bond motifs is 1. The Kier molecular flexibility index (Phi) is 3.30. The van der Waals surface area contributed by atoms with Crippen molar-refractivity contribution in [3.63, 3.8) is 0 Å². The fourth-order valence-corrected chi connectivity index (χ4v) is 5.74. The van der Waals surface area contributed by atoms with Crippen LogP contribution in [0.5, 0.6) is 0 Å². The van der Waals surface area contributed by atoms with E-state index in [2.05, 4.69) is 48.4 Å². The smallest absolute Gasteiger partial charge is 0.244 e. The van der Waals surface area contributed by atoms with Crippen LogP contribution in [-0.2, 0) is 11.3 Å². The van der Waals surface area contributed by atoms with Gasteiger partial charge < -0.3 is 10.6 Å². The molecule has 2 fully saturated rings. The third-order valence-corrected chi connectivity index (χ3v) is 6.97. The maximum Gasteiger partial charge on any atom is 0.244 e. The van der Waals surface area contributed by atoms with Crippen LogP contribution in [-0.4, -0.2) is 47.2 Å². The van der Waals surface area contributed by atoms with Crippen molar-refractivity contribution < 1.29 is 4.79 Å². The molecule has 4 rings (SSSR count). The van der Waals surface area contributed by atoms with Crippen molar-refractivity contribution in [1.82, 2.24) is 25.1 Å². The van der Waals surface area contributed by atoms with Crippen LogP contribution in [0.15, 0.2) is 12.1 Å². The number of thioether (sulfide) groups is 1. The minimum Gasteiger partial charge on any atom is -0.317 e. The molecule has 2 aromatic heterocycles. The SMILES string of the molecule is Cc1ccc(Cn2nnnc2C2N3C(=O)C(N)[C@H]3SC2(C)C)s1. The Bertz CT molecular complexity index is 769. The summed E-state index contributed by atoms with van der Waals surface area (Å²) in [4.78, 5) is 16.5. The predicted molar refractivity (Wildman–Crippen MR) is 89.0 cm³/mol. The van der Waals surface area contributed by atoms with Crippen LogP contribution in [0.3, 0.4) is 0 Å². The van der Waals surface area contributed by atoms with E-state index in [1.165, 1.54) is 9.75 Å². The van der Waals surface area contributed by atoms with Crippen LogP contribution in [0.4, 0.5) is 0 Å². The van der Waals surface area contributed by atoms with Crippen LogP contribution in [0.25, 0.3) is 0 Å². The lowest BCUT2D eigenvalue weighted by Crippen LogP contribution is -2.65. The lowest BCUT2D eigenvalue weighted by Gasteiger charge is -2.42. The summed E-state index contributed by atoms with van der Waals surface area (Å²) in [5, 5.41) is 12.3. The standard InChI is InChI=1S/C14H18N6OS2/c1-7-4-5-8(22-7)6-19-11(16-17-18-19)10-14(2,3)23-13-9(15)12(21)20(10)13/h4-5,9-10,13H,6,15H2,1-3H3/t9?,10?,13-/m1/s1. The number of β-lactam (4-membered cyclic amide) rings is 1. The monoisotopic (exact) mass is 350 g/mol. The largest absolute Gasteiger partial charge is 0.317 e. The molecule has 0 aromatic carbocycles. The molecule has 2 aliphatic heterocycles. The van der Waals surface area contributed by atoms with Crippen molar-refractivity contribution in [1.29, 1.82) is 0 Å². The zero-order valence-electron chi connectivity index (χ0n) is 13.1. The molecule has 0 spiro atoms. The van der Waals surface area contributed by atoms with Crippen LogP contribution < -0.4 is 5.73 Å². The summed E-state index contributed by atoms with van der Waals surface area (Å²) in [5.74, 6) is 0.718. The van der Waals surface area contributed by atoms with E-state index in [4.69, 9.17) is 5.73 Å². The number of thiophene rings is 1. The molecule has 2 unspecified atom stereocenters. The Hall–Kier alpha value is -1.45. The minimum absolute atomic E-state index is 0.0143. The maximum absolute atomic E-state index is 12.2. The molecule has 2 N–H and O–H groups in total. The fourth-order valence-electron chi connectivity index (χ4n) is 3.30. The van der Waals surface area contributed by atoms with Crippen LogP contribution in [0.1, 0.15) is 35.5 Å². The van der Waals surface area contributed by atoms with Crippen molar-refractivity contribution >= 4 is 29.0 Å². The normalized spacial score (nSPS) is 28.8. The Balaban J connectivity index is 1.68. The third-order valence-electron chi connectivity index (χ3n) is 4.39. The second kappa shape index (κ2) is 5.02. The van der Waals surface area contributed by atoms with E-state index < -0.39 is 6.04 Å². The molecular formula is C14H18N6OS2. The van der Waals surface area contributed by atoms with E-state index in [9.17, 15) is 4.79 Å². The van der Waals surface area contributed by atoms with Gasteiger partial charge in [0.25, 0.3) is 0 Å². The van der Waals surface area contributed by atoms with Gasteiger partial charge in [0, 0.05) is 14.5 Å². The van der Waals surface area contributed by atoms with E-state index in [1.807, 2.05) is 4.90 Å². The number of tetrazole rings is 1. The van der Waals surface area contributed by atoms with E-state index in [0.717, 1.165) is 5.82 Å². The number of nitrogens with zero attached hydrogens (tertiary/aromatic N) is 5. The number of amides is 1. The number of aromatic nitrogens is 4. The van der Waals surface area contributed by atoms with Crippen LogP contribution in [0, 0.1) is 6.92 Å². The van der Waals surface area contributed by atoms with Gasteiger partial charge in [-0.05, 0) is 43.3 Å². The number of carbonyl (C=O) groups excluding carboxylic acids is 1. The highest BCUT2D eigenvalue weighted by Gasteiger charge is 2.61. The highest BCUT2D eigenvalue weighted by molar-refractivity contribution is 8.01. The van der Waals surface area contributed by atoms with E-state index in [-0.39, 0.29) is 22.1 Å². The molecule has 122 valence electrons. The number of hydrogen-bond donors (Lipinski definition) is 1. The highest BCUT2D eigenvalue weighted by atomic mass is 32.2. The van der Waals surface area contributed by atoms with Crippen LogP contribution >= 0.6 is 23.1 Å². The van der Waals surface area contributed by atoms with Crippen molar-refractivity contribution in [2.75, 3.05) is 0 Å². The van der Waals surface area contributed by atoms with Crippen molar-refractivity contribution in [2.24, 2.45) is 5.73 Å². The summed E-state index contributed by atoms with van der Waals surface area (Å²) in [6.45, 7) is 6.94. The zero-order valence-corrected chi connectivity index (χ0v) is 14.8. The fraction of sp³-hybridized carbons (Fsp3) is 0.571. The molecule has 0 saturated carbocycles. The number of carbonyl (C=O) groups is 1. The lowest BCUT2D eigenvalue weighted by atomic mass is 9.95. The molecule has 9 heteroatoms. The molecule has 2 saturated heterocycles. The first-order valence-electron chi connectivity index (χ1n) is 7.45. The Morgan fingerprint density at radius 3 is 2.87 bits per heavy atom. The van der Waals surface area contributed by atoms with E-state index in [1.54, 1.807) is 27.8 Å². The molecule has 2 aliphatic rings. The molecule has 1 amide bonds. The molecule has 2 aromatic rings. The molecule has 0 radical (unpaired) electrons. The molecule has 23 heavy (non-hydrogen) atoms. The Morgan fingerprint density at radius 1 is 1.39 bits per heavy atom. The Morgan fingerprint density at radius 2 is 2.17 bits per heavy atom. The minimum atomic E-state index is -0.409. The number of aryl methyl sites for hydroxylation is 1. The van der Waals surface area contributed by atoms with Gasteiger partial charge in [-0.3, -0.25) is 4.79 Å². The number of nitrogens with two attached hydrogens (primary N) is 1. The van der Waals surface area contributed by atoms with Gasteiger partial charge in [0.1, 0.15) is 17.5 Å². The van der Waals surface area contributed by atoms with Crippen molar-refractivity contribution in [3.8, 4) is 0 Å². The van der Waals surface area contributed by atoms with Crippen molar-refractivity contribution in [3.05, 3.63) is 27.7 Å².